The maximum absolute atomic E-state index is 13.1. The molecule has 3 aromatic rings. The number of carbonyl (C=O) groups is 2. The first-order valence-electron chi connectivity index (χ1n) is 9.46. The van der Waals surface area contributed by atoms with Gasteiger partial charge in [-0.15, -0.1) is 0 Å². The highest BCUT2D eigenvalue weighted by atomic mass is 19.1. The van der Waals surface area contributed by atoms with Crippen LogP contribution in [-0.4, -0.2) is 21.8 Å². The molecule has 7 nitrogen and oxygen atoms in total. The topological polar surface area (TPSA) is 108 Å². The molecule has 0 fully saturated rings. The molecule has 0 aliphatic carbocycles. The monoisotopic (exact) mass is 391 g/mol. The third-order valence-corrected chi connectivity index (χ3v) is 3.83. The van der Waals surface area contributed by atoms with E-state index in [0.29, 0.717) is 5.56 Å². The van der Waals surface area contributed by atoms with Crippen molar-refractivity contribution in [1.82, 2.24) is 20.6 Å². The van der Waals surface area contributed by atoms with E-state index in [4.69, 9.17) is 8.00 Å². The van der Waals surface area contributed by atoms with Gasteiger partial charge in [-0.2, -0.15) is 5.26 Å². The lowest BCUT2D eigenvalue weighted by Crippen LogP contribution is -2.27. The van der Waals surface area contributed by atoms with Crippen molar-refractivity contribution in [3.05, 3.63) is 94.8 Å². The van der Waals surface area contributed by atoms with Gasteiger partial charge in [0.25, 0.3) is 11.8 Å². The van der Waals surface area contributed by atoms with Crippen molar-refractivity contribution in [2.24, 2.45) is 0 Å². The Bertz CT molecular complexity index is 1150. The van der Waals surface area contributed by atoms with Crippen LogP contribution < -0.4 is 10.6 Å². The van der Waals surface area contributed by atoms with Crippen LogP contribution in [0.15, 0.2) is 60.9 Å². The molecule has 8 heteroatoms. The Hall–Kier alpha value is -4.12. The molecule has 0 unspecified atom stereocenters. The molecule has 29 heavy (non-hydrogen) atoms. The molecule has 0 aliphatic heterocycles. The zero-order valence-electron chi connectivity index (χ0n) is 17.0. The Morgan fingerprint density at radius 3 is 2.17 bits per heavy atom. The maximum Gasteiger partial charge on any atom is 0.270 e. The van der Waals surface area contributed by atoms with E-state index < -0.39 is 24.1 Å². The fourth-order valence-corrected chi connectivity index (χ4v) is 2.30. The van der Waals surface area contributed by atoms with Gasteiger partial charge in [0, 0.05) is 19.1 Å². The molecule has 3 rings (SSSR count). The lowest BCUT2D eigenvalue weighted by molar-refractivity contribution is 0.0944. The van der Waals surface area contributed by atoms with Gasteiger partial charge in [0.15, 0.2) is 0 Å². The largest absolute Gasteiger partial charge is 0.347 e. The summed E-state index contributed by atoms with van der Waals surface area (Å²) in [5.74, 6) is -1.95. The molecule has 0 spiro atoms. The van der Waals surface area contributed by atoms with Gasteiger partial charge >= 0.3 is 0 Å². The van der Waals surface area contributed by atoms with E-state index in [0.717, 1.165) is 30.1 Å². The average molecular weight is 391 g/mol. The summed E-state index contributed by atoms with van der Waals surface area (Å²) in [6.07, 6.45) is 1.03. The van der Waals surface area contributed by atoms with Gasteiger partial charge in [0.2, 0.25) is 0 Å². The minimum atomic E-state index is -2.28. The fraction of sp³-hybridized carbons (Fsp3) is 0.0952. The van der Waals surface area contributed by atoms with Crippen molar-refractivity contribution in [1.29, 1.82) is 5.26 Å². The van der Waals surface area contributed by atoms with Crippen LogP contribution >= 0.6 is 0 Å². The van der Waals surface area contributed by atoms with E-state index >= 15 is 0 Å². The third kappa shape index (κ3) is 5.43. The van der Waals surface area contributed by atoms with E-state index in [9.17, 15) is 14.0 Å². The van der Waals surface area contributed by atoms with Crippen LogP contribution in [0.2, 0.25) is 0 Å². The zero-order valence-corrected chi connectivity index (χ0v) is 15.0. The van der Waals surface area contributed by atoms with Gasteiger partial charge in [0.1, 0.15) is 23.5 Å². The van der Waals surface area contributed by atoms with E-state index in [1.807, 2.05) is 6.07 Å². The van der Waals surface area contributed by atoms with E-state index in [2.05, 4.69) is 20.6 Å². The Labute approximate surface area is 169 Å². The summed E-state index contributed by atoms with van der Waals surface area (Å²) in [6.45, 7) is -2.10. The number of halogens is 1. The van der Waals surface area contributed by atoms with Crippen molar-refractivity contribution in [3.63, 3.8) is 0 Å². The number of nitrogens with zero attached hydrogens (tertiary/aromatic N) is 3. The van der Waals surface area contributed by atoms with Gasteiger partial charge < -0.3 is 10.6 Å². The second kappa shape index (κ2) is 9.19. The first kappa shape index (κ1) is 17.0. The summed E-state index contributed by atoms with van der Waals surface area (Å²) >= 11 is 0. The quantitative estimate of drug-likeness (QED) is 0.671. The zero-order chi connectivity index (χ0) is 22.4. The highest BCUT2D eigenvalue weighted by Crippen LogP contribution is 2.05. The number of hydrogen-bond donors (Lipinski definition) is 2. The van der Waals surface area contributed by atoms with Crippen molar-refractivity contribution >= 4 is 11.8 Å². The molecule has 0 saturated heterocycles. The number of benzene rings is 2. The molecule has 2 amide bonds. The van der Waals surface area contributed by atoms with Crippen LogP contribution in [0.4, 0.5) is 4.39 Å². The lowest BCUT2D eigenvalue weighted by Gasteiger charge is -2.07. The van der Waals surface area contributed by atoms with Gasteiger partial charge in [-0.25, -0.2) is 14.4 Å². The standard InChI is InChI=1S/C21H16FN5O2/c22-17-7-5-16(6-8-17)12-25-21(29)19-9-18(26-13-27-19)20(28)24-11-15-3-1-14(10-23)2-4-15/h1-9,13H,11-12H2,(H,24,28)(H,25,29)/i12D2. The van der Waals surface area contributed by atoms with E-state index in [1.165, 1.54) is 12.1 Å². The number of nitriles is 1. The van der Waals surface area contributed by atoms with Gasteiger partial charge in [-0.1, -0.05) is 24.3 Å². The molecular weight excluding hydrogens is 373 g/mol. The smallest absolute Gasteiger partial charge is 0.270 e. The summed E-state index contributed by atoms with van der Waals surface area (Å²) in [5, 5.41) is 13.6. The minimum absolute atomic E-state index is 0.0525. The Balaban J connectivity index is 1.66. The van der Waals surface area contributed by atoms with Crippen LogP contribution in [-0.2, 0) is 13.0 Å². The normalized spacial score (nSPS) is 11.6. The Morgan fingerprint density at radius 1 is 0.966 bits per heavy atom. The Kier molecular flexibility index (Phi) is 5.39. The first-order valence-corrected chi connectivity index (χ1v) is 8.46. The van der Waals surface area contributed by atoms with E-state index in [1.54, 1.807) is 24.3 Å². The molecule has 1 aromatic heterocycles. The van der Waals surface area contributed by atoms with Crippen LogP contribution in [0.3, 0.4) is 0 Å². The van der Waals surface area contributed by atoms with Crippen molar-refractivity contribution < 1.29 is 16.7 Å². The molecule has 1 heterocycles. The van der Waals surface area contributed by atoms with Crippen molar-refractivity contribution in [2.75, 3.05) is 0 Å². The van der Waals surface area contributed by atoms with Crippen LogP contribution in [0, 0.1) is 17.1 Å². The summed E-state index contributed by atoms with van der Waals surface area (Å²) in [4.78, 5) is 32.4. The van der Waals surface area contributed by atoms with Gasteiger partial charge in [0.05, 0.1) is 14.4 Å². The second-order valence-corrected chi connectivity index (χ2v) is 5.87. The number of hydrogen-bond acceptors (Lipinski definition) is 5. The summed E-state index contributed by atoms with van der Waals surface area (Å²) in [7, 11) is 0. The molecule has 0 saturated carbocycles. The molecule has 2 aromatic carbocycles. The number of nitrogens with one attached hydrogen (secondary N) is 2. The molecule has 0 aliphatic rings. The highest BCUT2D eigenvalue weighted by molar-refractivity contribution is 5.97. The van der Waals surface area contributed by atoms with Crippen molar-refractivity contribution in [2.45, 2.75) is 13.0 Å². The molecule has 2 N–H and O–H groups in total. The number of rotatable bonds is 6. The average Bonchev–Trinajstić information content (AvgIpc) is 2.78. The van der Waals surface area contributed by atoms with Crippen molar-refractivity contribution in [3.8, 4) is 6.07 Å². The second-order valence-electron chi connectivity index (χ2n) is 5.87. The third-order valence-electron chi connectivity index (χ3n) is 3.83. The molecule has 0 atom stereocenters. The number of carbonyl (C=O) groups excluding carboxylic acids is 2. The molecule has 144 valence electrons. The summed E-state index contributed by atoms with van der Waals surface area (Å²) in [5.41, 5.74) is 1.05. The van der Waals surface area contributed by atoms with E-state index in [-0.39, 0.29) is 23.5 Å². The van der Waals surface area contributed by atoms with Gasteiger partial charge in [-0.05, 0) is 35.4 Å². The molecule has 0 bridgehead atoms. The number of aromatic nitrogens is 2. The lowest BCUT2D eigenvalue weighted by atomic mass is 10.1. The fourth-order valence-electron chi connectivity index (χ4n) is 2.30. The molecular formula is C21H16FN5O2. The minimum Gasteiger partial charge on any atom is -0.347 e. The van der Waals surface area contributed by atoms with Gasteiger partial charge in [-0.3, -0.25) is 9.59 Å². The first-order chi connectivity index (χ1) is 14.8. The van der Waals surface area contributed by atoms with Crippen LogP contribution in [0.1, 0.15) is 40.4 Å². The SMILES string of the molecule is [2H]C([2H])(NC(=O)c1cc(C(=O)NCc2ccc(C#N)cc2)ncn1)c1ccc(F)cc1. The van der Waals surface area contributed by atoms with Crippen LogP contribution in [0.25, 0.3) is 0 Å². The highest BCUT2D eigenvalue weighted by Gasteiger charge is 2.13. The predicted molar refractivity (Wildman–Crippen MR) is 102 cm³/mol. The number of amides is 2. The van der Waals surface area contributed by atoms with Crippen LogP contribution in [0.5, 0.6) is 0 Å². The predicted octanol–water partition coefficient (Wildman–Crippen LogP) is 2.35. The Morgan fingerprint density at radius 2 is 1.55 bits per heavy atom. The maximum atomic E-state index is 13.1. The molecule has 0 radical (unpaired) electrons. The summed E-state index contributed by atoms with van der Waals surface area (Å²) in [6, 6.07) is 14.4. The summed E-state index contributed by atoms with van der Waals surface area (Å²) < 4.78 is 29.1.